The second-order valence-electron chi connectivity index (χ2n) is 4.25. The molecule has 4 nitrogen and oxygen atoms in total. The fourth-order valence-corrected chi connectivity index (χ4v) is 2.16. The fraction of sp³-hybridized carbons (Fsp3) is 0.250. The molecule has 0 saturated heterocycles. The Morgan fingerprint density at radius 2 is 2.05 bits per heavy atom. The summed E-state index contributed by atoms with van der Waals surface area (Å²) in [7, 11) is 0. The molecule has 3 rings (SSSR count). The molecule has 100 valence electrons. The molecule has 0 bridgehead atoms. The summed E-state index contributed by atoms with van der Waals surface area (Å²) in [6.07, 6.45) is 0.455. The van der Waals surface area contributed by atoms with Crippen LogP contribution in [0.25, 0.3) is 5.69 Å². The van der Waals surface area contributed by atoms with Crippen molar-refractivity contribution in [3.8, 4) is 5.69 Å². The van der Waals surface area contributed by atoms with Crippen LogP contribution in [0.5, 0.6) is 0 Å². The summed E-state index contributed by atoms with van der Waals surface area (Å²) in [5.74, 6) is -3.11. The number of rotatable bonds is 1. The Kier molecular flexibility index (Phi) is 2.70. The molecule has 1 aliphatic rings. The third-order valence-corrected chi connectivity index (χ3v) is 3.05. The first-order chi connectivity index (χ1) is 9.08. The third kappa shape index (κ3) is 1.86. The van der Waals surface area contributed by atoms with Crippen molar-refractivity contribution < 1.29 is 17.9 Å². The molecule has 0 aliphatic carbocycles. The quantitative estimate of drug-likeness (QED) is 0.805. The van der Waals surface area contributed by atoms with Crippen molar-refractivity contribution >= 4 is 5.82 Å². The van der Waals surface area contributed by atoms with Gasteiger partial charge in [-0.1, -0.05) is 0 Å². The van der Waals surface area contributed by atoms with Crippen LogP contribution in [0, 0.1) is 17.5 Å². The van der Waals surface area contributed by atoms with Crippen LogP contribution in [0.2, 0.25) is 0 Å². The standard InChI is InChI=1S/C12H10F3N3O/c13-6-3-8(14)11(15)10(4-6)18-9-1-2-19-5-7(9)12(16)17-18/h3-4H,1-2,5H2,(H2,16,17). The van der Waals surface area contributed by atoms with Crippen LogP contribution in [0.1, 0.15) is 11.3 Å². The Labute approximate surface area is 106 Å². The van der Waals surface area contributed by atoms with Crippen LogP contribution in [0.15, 0.2) is 12.1 Å². The van der Waals surface area contributed by atoms with Crippen molar-refractivity contribution in [3.63, 3.8) is 0 Å². The highest BCUT2D eigenvalue weighted by atomic mass is 19.2. The lowest BCUT2D eigenvalue weighted by molar-refractivity contribution is 0.110. The maximum Gasteiger partial charge on any atom is 0.184 e. The molecule has 7 heteroatoms. The van der Waals surface area contributed by atoms with Gasteiger partial charge in [0.15, 0.2) is 17.5 Å². The molecule has 0 spiro atoms. The third-order valence-electron chi connectivity index (χ3n) is 3.05. The van der Waals surface area contributed by atoms with Gasteiger partial charge in [0, 0.05) is 24.1 Å². The molecule has 0 fully saturated rings. The van der Waals surface area contributed by atoms with Gasteiger partial charge in [0.2, 0.25) is 0 Å². The van der Waals surface area contributed by atoms with Gasteiger partial charge in [-0.25, -0.2) is 17.9 Å². The highest BCUT2D eigenvalue weighted by Gasteiger charge is 2.23. The number of ether oxygens (including phenoxy) is 1. The first-order valence-corrected chi connectivity index (χ1v) is 5.67. The molecule has 0 unspecified atom stereocenters. The van der Waals surface area contributed by atoms with Gasteiger partial charge in [-0.2, -0.15) is 0 Å². The molecule has 0 amide bonds. The predicted octanol–water partition coefficient (Wildman–Crippen LogP) is 1.94. The number of nitrogens with zero attached hydrogens (tertiary/aromatic N) is 2. The van der Waals surface area contributed by atoms with Crippen LogP contribution in [-0.2, 0) is 17.8 Å². The highest BCUT2D eigenvalue weighted by molar-refractivity contribution is 5.48. The van der Waals surface area contributed by atoms with Crippen molar-refractivity contribution in [2.45, 2.75) is 13.0 Å². The molecule has 19 heavy (non-hydrogen) atoms. The average molecular weight is 269 g/mol. The van der Waals surface area contributed by atoms with Gasteiger partial charge in [-0.05, 0) is 0 Å². The van der Waals surface area contributed by atoms with Gasteiger partial charge < -0.3 is 10.5 Å². The summed E-state index contributed by atoms with van der Waals surface area (Å²) in [5, 5.41) is 3.95. The second-order valence-corrected chi connectivity index (χ2v) is 4.25. The summed E-state index contributed by atoms with van der Waals surface area (Å²) in [5.41, 5.74) is 6.67. The smallest absolute Gasteiger partial charge is 0.184 e. The van der Waals surface area contributed by atoms with Crippen LogP contribution in [-0.4, -0.2) is 16.4 Å². The number of nitrogen functional groups attached to an aromatic ring is 1. The molecule has 0 atom stereocenters. The van der Waals surface area contributed by atoms with E-state index < -0.39 is 17.5 Å². The average Bonchev–Trinajstić information content (AvgIpc) is 2.72. The van der Waals surface area contributed by atoms with E-state index in [1.54, 1.807) is 0 Å². The maximum absolute atomic E-state index is 13.8. The molecule has 1 aromatic carbocycles. The fourth-order valence-electron chi connectivity index (χ4n) is 2.16. The van der Waals surface area contributed by atoms with E-state index in [1.165, 1.54) is 0 Å². The molecule has 2 aromatic rings. The summed E-state index contributed by atoms with van der Waals surface area (Å²) >= 11 is 0. The zero-order chi connectivity index (χ0) is 13.6. The van der Waals surface area contributed by atoms with Crippen LogP contribution < -0.4 is 5.73 Å². The van der Waals surface area contributed by atoms with E-state index in [1.807, 2.05) is 0 Å². The number of halogens is 3. The number of nitrogens with two attached hydrogens (primary N) is 1. The van der Waals surface area contributed by atoms with Gasteiger partial charge in [0.1, 0.15) is 11.5 Å². The Morgan fingerprint density at radius 1 is 1.26 bits per heavy atom. The number of aromatic nitrogens is 2. The summed E-state index contributed by atoms with van der Waals surface area (Å²) in [4.78, 5) is 0. The van der Waals surface area contributed by atoms with E-state index >= 15 is 0 Å². The predicted molar refractivity (Wildman–Crippen MR) is 61.2 cm³/mol. The Balaban J connectivity index is 2.23. The summed E-state index contributed by atoms with van der Waals surface area (Å²) < 4.78 is 46.6. The molecule has 0 radical (unpaired) electrons. The number of benzene rings is 1. The normalized spacial score (nSPS) is 14.5. The minimum absolute atomic E-state index is 0.179. The van der Waals surface area contributed by atoms with Crippen LogP contribution in [0.4, 0.5) is 19.0 Å². The van der Waals surface area contributed by atoms with Gasteiger partial charge in [-0.15, -0.1) is 5.10 Å². The molecule has 0 saturated carbocycles. The number of hydrogen-bond acceptors (Lipinski definition) is 3. The van der Waals surface area contributed by atoms with Crippen molar-refractivity contribution in [1.29, 1.82) is 0 Å². The first kappa shape index (κ1) is 12.0. The zero-order valence-electron chi connectivity index (χ0n) is 9.79. The van der Waals surface area contributed by atoms with E-state index in [-0.39, 0.29) is 18.1 Å². The minimum Gasteiger partial charge on any atom is -0.382 e. The first-order valence-electron chi connectivity index (χ1n) is 5.67. The topological polar surface area (TPSA) is 53.1 Å². The molecule has 2 heterocycles. The number of anilines is 1. The van der Waals surface area contributed by atoms with Crippen molar-refractivity contribution in [1.82, 2.24) is 9.78 Å². The highest BCUT2D eigenvalue weighted by Crippen LogP contribution is 2.27. The lowest BCUT2D eigenvalue weighted by Crippen LogP contribution is -2.14. The number of hydrogen-bond donors (Lipinski definition) is 1. The molecular weight excluding hydrogens is 259 g/mol. The largest absolute Gasteiger partial charge is 0.382 e. The van der Waals surface area contributed by atoms with Gasteiger partial charge in [-0.3, -0.25) is 0 Å². The van der Waals surface area contributed by atoms with E-state index in [0.717, 1.165) is 10.7 Å². The Bertz CT molecular complexity index is 654. The second kappa shape index (κ2) is 4.27. The molecule has 2 N–H and O–H groups in total. The zero-order valence-corrected chi connectivity index (χ0v) is 9.79. The van der Waals surface area contributed by atoms with E-state index in [9.17, 15) is 13.2 Å². The van der Waals surface area contributed by atoms with Crippen molar-refractivity contribution in [2.75, 3.05) is 12.3 Å². The Hall–Kier alpha value is -2.02. The molecular formula is C12H10F3N3O. The Morgan fingerprint density at radius 3 is 2.84 bits per heavy atom. The minimum atomic E-state index is -1.26. The van der Waals surface area contributed by atoms with E-state index in [4.69, 9.17) is 10.5 Å². The van der Waals surface area contributed by atoms with Crippen LogP contribution in [0.3, 0.4) is 0 Å². The van der Waals surface area contributed by atoms with Gasteiger partial charge in [0.25, 0.3) is 0 Å². The van der Waals surface area contributed by atoms with Crippen molar-refractivity contribution in [2.24, 2.45) is 0 Å². The van der Waals surface area contributed by atoms with E-state index in [0.29, 0.717) is 30.4 Å². The molecule has 1 aromatic heterocycles. The SMILES string of the molecule is Nc1nn(-c2cc(F)cc(F)c2F)c2c1COCC2. The lowest BCUT2D eigenvalue weighted by atomic mass is 10.1. The monoisotopic (exact) mass is 269 g/mol. The van der Waals surface area contributed by atoms with Gasteiger partial charge >= 0.3 is 0 Å². The lowest BCUT2D eigenvalue weighted by Gasteiger charge is -2.15. The van der Waals surface area contributed by atoms with Crippen molar-refractivity contribution in [3.05, 3.63) is 40.8 Å². The molecule has 1 aliphatic heterocycles. The summed E-state index contributed by atoms with van der Waals surface area (Å²) in [6.45, 7) is 0.693. The maximum atomic E-state index is 13.8. The van der Waals surface area contributed by atoms with Gasteiger partial charge in [0.05, 0.1) is 18.9 Å². The van der Waals surface area contributed by atoms with E-state index in [2.05, 4.69) is 5.10 Å². The summed E-state index contributed by atoms with van der Waals surface area (Å²) in [6, 6.07) is 1.38. The number of fused-ring (bicyclic) bond motifs is 1. The van der Waals surface area contributed by atoms with Crippen LogP contribution >= 0.6 is 0 Å².